The molecule has 0 spiro atoms. The summed E-state index contributed by atoms with van der Waals surface area (Å²) in [5, 5.41) is 4.65. The topological polar surface area (TPSA) is 42.7 Å². The number of hydrogen-bond acceptors (Lipinski definition) is 3. The number of pyridine rings is 1. The smallest absolute Gasteiger partial charge is 0.154 e. The van der Waals surface area contributed by atoms with Crippen LogP contribution in [0, 0.1) is 0 Å². The monoisotopic (exact) mass is 320 g/mol. The fraction of sp³-hybridized carbons (Fsp3) is 0.200. The molecule has 3 rings (SSSR count). The van der Waals surface area contributed by atoms with Crippen LogP contribution in [0.1, 0.15) is 5.56 Å². The average molecular weight is 321 g/mol. The van der Waals surface area contributed by atoms with Crippen molar-refractivity contribution in [3.05, 3.63) is 52.4 Å². The molecule has 2 heterocycles. The van der Waals surface area contributed by atoms with E-state index in [4.69, 9.17) is 23.2 Å². The zero-order valence-electron chi connectivity index (χ0n) is 11.5. The number of imidazole rings is 1. The van der Waals surface area contributed by atoms with Crippen LogP contribution in [0.15, 0.2) is 36.8 Å². The highest BCUT2D eigenvalue weighted by molar-refractivity contribution is 6.35. The Labute approximate surface area is 132 Å². The molecule has 0 saturated heterocycles. The third-order valence-corrected chi connectivity index (χ3v) is 3.93. The molecule has 1 N–H and O–H groups in total. The lowest BCUT2D eigenvalue weighted by atomic mass is 10.1. The van der Waals surface area contributed by atoms with Gasteiger partial charge in [0.2, 0.25) is 0 Å². The summed E-state index contributed by atoms with van der Waals surface area (Å²) in [6, 6.07) is 7.50. The van der Waals surface area contributed by atoms with Crippen molar-refractivity contribution in [3.8, 4) is 0 Å². The van der Waals surface area contributed by atoms with Crippen LogP contribution in [0.2, 0.25) is 10.0 Å². The van der Waals surface area contributed by atoms with Crippen molar-refractivity contribution in [3.63, 3.8) is 0 Å². The molecule has 0 aliphatic carbocycles. The maximum Gasteiger partial charge on any atom is 0.154 e. The van der Waals surface area contributed by atoms with Gasteiger partial charge in [0.25, 0.3) is 0 Å². The van der Waals surface area contributed by atoms with Gasteiger partial charge in [0.1, 0.15) is 5.52 Å². The predicted molar refractivity (Wildman–Crippen MR) is 87.2 cm³/mol. The first-order valence-corrected chi connectivity index (χ1v) is 7.34. The predicted octanol–water partition coefficient (Wildman–Crippen LogP) is 3.93. The van der Waals surface area contributed by atoms with E-state index in [0.717, 1.165) is 35.4 Å². The Morgan fingerprint density at radius 3 is 2.86 bits per heavy atom. The largest absolute Gasteiger partial charge is 0.368 e. The van der Waals surface area contributed by atoms with Gasteiger partial charge in [0.15, 0.2) is 5.82 Å². The van der Waals surface area contributed by atoms with E-state index < -0.39 is 0 Å². The number of anilines is 1. The molecule has 2 aromatic heterocycles. The van der Waals surface area contributed by atoms with E-state index >= 15 is 0 Å². The molecule has 21 heavy (non-hydrogen) atoms. The molecular formula is C15H14Cl2N4. The van der Waals surface area contributed by atoms with E-state index in [1.165, 1.54) is 0 Å². The van der Waals surface area contributed by atoms with E-state index in [2.05, 4.69) is 15.3 Å². The van der Waals surface area contributed by atoms with Crippen molar-refractivity contribution in [1.82, 2.24) is 14.5 Å². The van der Waals surface area contributed by atoms with E-state index in [0.29, 0.717) is 10.0 Å². The van der Waals surface area contributed by atoms with Crippen molar-refractivity contribution >= 4 is 40.1 Å². The molecule has 0 radical (unpaired) electrons. The maximum absolute atomic E-state index is 6.17. The Balaban J connectivity index is 1.72. The van der Waals surface area contributed by atoms with Gasteiger partial charge in [-0.3, -0.25) is 0 Å². The van der Waals surface area contributed by atoms with Crippen LogP contribution in [-0.2, 0) is 13.5 Å². The minimum atomic E-state index is 0.650. The Morgan fingerprint density at radius 2 is 2.05 bits per heavy atom. The van der Waals surface area contributed by atoms with Crippen molar-refractivity contribution < 1.29 is 0 Å². The highest BCUT2D eigenvalue weighted by atomic mass is 35.5. The van der Waals surface area contributed by atoms with Gasteiger partial charge in [0, 0.05) is 29.8 Å². The van der Waals surface area contributed by atoms with Crippen LogP contribution >= 0.6 is 23.2 Å². The summed E-state index contributed by atoms with van der Waals surface area (Å²) < 4.78 is 1.97. The molecule has 0 aliphatic heterocycles. The molecule has 108 valence electrons. The number of aromatic nitrogens is 3. The lowest BCUT2D eigenvalue weighted by molar-refractivity contribution is 0.947. The van der Waals surface area contributed by atoms with E-state index in [1.807, 2.05) is 29.8 Å². The number of fused-ring (bicyclic) bond motifs is 1. The summed E-state index contributed by atoms with van der Waals surface area (Å²) in [5.41, 5.74) is 2.99. The quantitative estimate of drug-likeness (QED) is 0.792. The molecule has 3 aromatic rings. The summed E-state index contributed by atoms with van der Waals surface area (Å²) in [5.74, 6) is 0.790. The summed E-state index contributed by atoms with van der Waals surface area (Å²) >= 11 is 12.1. The van der Waals surface area contributed by atoms with Crippen LogP contribution in [0.3, 0.4) is 0 Å². The number of benzene rings is 1. The Kier molecular flexibility index (Phi) is 3.99. The lowest BCUT2D eigenvalue weighted by Crippen LogP contribution is -2.07. The number of nitrogens with zero attached hydrogens (tertiary/aromatic N) is 3. The number of rotatable bonds is 4. The number of aryl methyl sites for hydroxylation is 1. The minimum absolute atomic E-state index is 0.650. The van der Waals surface area contributed by atoms with Crippen molar-refractivity contribution in [2.24, 2.45) is 7.05 Å². The van der Waals surface area contributed by atoms with Crippen molar-refractivity contribution in [2.75, 3.05) is 11.9 Å². The highest BCUT2D eigenvalue weighted by Gasteiger charge is 2.07. The van der Waals surface area contributed by atoms with Crippen LogP contribution in [0.5, 0.6) is 0 Å². The summed E-state index contributed by atoms with van der Waals surface area (Å²) in [6.07, 6.45) is 4.36. The van der Waals surface area contributed by atoms with Gasteiger partial charge in [-0.25, -0.2) is 9.97 Å². The molecule has 0 fully saturated rings. The van der Waals surface area contributed by atoms with Crippen LogP contribution in [-0.4, -0.2) is 21.1 Å². The second-order valence-corrected chi connectivity index (χ2v) is 5.64. The van der Waals surface area contributed by atoms with Gasteiger partial charge in [-0.1, -0.05) is 29.3 Å². The second kappa shape index (κ2) is 5.92. The second-order valence-electron chi connectivity index (χ2n) is 4.80. The summed E-state index contributed by atoms with van der Waals surface area (Å²) in [6.45, 7) is 0.726. The molecule has 0 amide bonds. The first-order chi connectivity index (χ1) is 10.1. The third-order valence-electron chi connectivity index (χ3n) is 3.34. The normalized spacial score (nSPS) is 11.0. The molecule has 0 saturated carbocycles. The third kappa shape index (κ3) is 2.96. The minimum Gasteiger partial charge on any atom is -0.368 e. The SMILES string of the molecule is Cn1cnc2c(NCCc3ccc(Cl)cc3Cl)nccc21. The summed E-state index contributed by atoms with van der Waals surface area (Å²) in [7, 11) is 1.96. The van der Waals surface area contributed by atoms with Crippen LogP contribution in [0.25, 0.3) is 11.0 Å². The molecule has 0 atom stereocenters. The Morgan fingerprint density at radius 1 is 1.19 bits per heavy atom. The molecule has 0 bridgehead atoms. The molecule has 1 aromatic carbocycles. The molecular weight excluding hydrogens is 307 g/mol. The average Bonchev–Trinajstić information content (AvgIpc) is 2.84. The van der Waals surface area contributed by atoms with Crippen molar-refractivity contribution in [2.45, 2.75) is 6.42 Å². The highest BCUT2D eigenvalue weighted by Crippen LogP contribution is 2.22. The molecule has 4 nitrogen and oxygen atoms in total. The van der Waals surface area contributed by atoms with E-state index in [-0.39, 0.29) is 0 Å². The van der Waals surface area contributed by atoms with Gasteiger partial charge in [-0.05, 0) is 30.2 Å². The van der Waals surface area contributed by atoms with Crippen LogP contribution < -0.4 is 5.32 Å². The number of nitrogens with one attached hydrogen (secondary N) is 1. The lowest BCUT2D eigenvalue weighted by Gasteiger charge is -2.08. The van der Waals surface area contributed by atoms with Gasteiger partial charge in [-0.2, -0.15) is 0 Å². The standard InChI is InChI=1S/C15H14Cl2N4/c1-21-9-20-14-13(21)5-7-19-15(14)18-6-4-10-2-3-11(16)8-12(10)17/h2-3,5,7-9H,4,6H2,1H3,(H,18,19). The zero-order chi connectivity index (χ0) is 14.8. The molecule has 0 aliphatic rings. The van der Waals surface area contributed by atoms with Gasteiger partial charge >= 0.3 is 0 Å². The first-order valence-electron chi connectivity index (χ1n) is 6.59. The first kappa shape index (κ1) is 14.2. The Hall–Kier alpha value is -1.78. The number of halogens is 2. The van der Waals surface area contributed by atoms with Gasteiger partial charge < -0.3 is 9.88 Å². The fourth-order valence-corrected chi connectivity index (χ4v) is 2.73. The molecule has 0 unspecified atom stereocenters. The molecule has 6 heteroatoms. The van der Waals surface area contributed by atoms with Crippen molar-refractivity contribution in [1.29, 1.82) is 0 Å². The summed E-state index contributed by atoms with van der Waals surface area (Å²) in [4.78, 5) is 8.71. The fourth-order valence-electron chi connectivity index (χ4n) is 2.23. The van der Waals surface area contributed by atoms with Crippen LogP contribution in [0.4, 0.5) is 5.82 Å². The van der Waals surface area contributed by atoms with Gasteiger partial charge in [-0.15, -0.1) is 0 Å². The van der Waals surface area contributed by atoms with E-state index in [9.17, 15) is 0 Å². The van der Waals surface area contributed by atoms with E-state index in [1.54, 1.807) is 18.6 Å². The zero-order valence-corrected chi connectivity index (χ0v) is 13.0. The maximum atomic E-state index is 6.17. The Bertz CT molecular complexity index is 782. The van der Waals surface area contributed by atoms with Gasteiger partial charge in [0.05, 0.1) is 11.8 Å². The number of hydrogen-bond donors (Lipinski definition) is 1.